The molecule has 0 amide bonds. The van der Waals surface area contributed by atoms with Gasteiger partial charge in [-0.2, -0.15) is 0 Å². The van der Waals surface area contributed by atoms with Crippen LogP contribution in [0.3, 0.4) is 0 Å². The van der Waals surface area contributed by atoms with Gasteiger partial charge in [-0.25, -0.2) is 0 Å². The standard InChI is InChI=1S/C4H10.Be.2H/c1-3-4-2;;;/h3-4H2,1-2H3;;;. The van der Waals surface area contributed by atoms with Crippen molar-refractivity contribution in [1.82, 2.24) is 0 Å². The summed E-state index contributed by atoms with van der Waals surface area (Å²) >= 11 is 0. The van der Waals surface area contributed by atoms with Gasteiger partial charge in [-0.3, -0.25) is 0 Å². The fraction of sp³-hybridized carbons (Fsp3) is 1.00. The van der Waals surface area contributed by atoms with Gasteiger partial charge in [-0.15, -0.1) is 0 Å². The molecule has 0 fully saturated rings. The molecular formula is C4H12Be. The van der Waals surface area contributed by atoms with Crippen LogP contribution >= 0.6 is 0 Å². The second-order valence-corrected chi connectivity index (χ2v) is 1.000. The van der Waals surface area contributed by atoms with Crippen molar-refractivity contribution in [2.24, 2.45) is 0 Å². The quantitative estimate of drug-likeness (QED) is 0.401. The molecule has 0 saturated heterocycles. The zero-order valence-corrected chi connectivity index (χ0v) is 3.41. The van der Waals surface area contributed by atoms with Crippen LogP contribution in [0.5, 0.6) is 0 Å². The molecule has 0 N–H and O–H groups in total. The maximum atomic E-state index is 2.18. The molecule has 0 nitrogen and oxygen atoms in total. The van der Waals surface area contributed by atoms with Crippen molar-refractivity contribution < 1.29 is 0 Å². The van der Waals surface area contributed by atoms with Gasteiger partial charge in [0.25, 0.3) is 0 Å². The van der Waals surface area contributed by atoms with Gasteiger partial charge in [0.2, 0.25) is 0 Å². The molecule has 0 aliphatic heterocycles. The Kier molecular flexibility index (Phi) is 15.9. The summed E-state index contributed by atoms with van der Waals surface area (Å²) < 4.78 is 0. The summed E-state index contributed by atoms with van der Waals surface area (Å²) in [5.74, 6) is 0. The number of hydrogen-bond donors (Lipinski definition) is 0. The van der Waals surface area contributed by atoms with Crippen molar-refractivity contribution in [1.29, 1.82) is 0 Å². The predicted molar refractivity (Wildman–Crippen MR) is 29.1 cm³/mol. The van der Waals surface area contributed by atoms with Gasteiger partial charge in [0, 0.05) is 0 Å². The second kappa shape index (κ2) is 8.90. The molecule has 30 valence electrons. The van der Waals surface area contributed by atoms with Crippen molar-refractivity contribution in [2.45, 2.75) is 26.7 Å². The predicted octanol–water partition coefficient (Wildman–Crippen LogP) is 0.890. The molecule has 0 aromatic rings. The molecule has 0 aromatic carbocycles. The molecule has 0 unspecified atom stereocenters. The molecule has 0 aliphatic rings. The maximum absolute atomic E-state index is 2.18. The number of hydrogen-bond acceptors (Lipinski definition) is 0. The summed E-state index contributed by atoms with van der Waals surface area (Å²) in [6.45, 7) is 4.36. The van der Waals surface area contributed by atoms with E-state index >= 15 is 0 Å². The van der Waals surface area contributed by atoms with Gasteiger partial charge in [-0.05, 0) is 0 Å². The minimum atomic E-state index is 0. The van der Waals surface area contributed by atoms with Gasteiger partial charge in [0.15, 0.2) is 0 Å². The van der Waals surface area contributed by atoms with Crippen molar-refractivity contribution in [2.75, 3.05) is 0 Å². The Bertz CT molecular complexity index is 5.61. The first-order valence-electron chi connectivity index (χ1n) is 1.91. The van der Waals surface area contributed by atoms with Gasteiger partial charge in [0.1, 0.15) is 0 Å². The summed E-state index contributed by atoms with van der Waals surface area (Å²) in [4.78, 5) is 0. The number of rotatable bonds is 1. The van der Waals surface area contributed by atoms with E-state index in [2.05, 4.69) is 13.8 Å². The third-order valence-electron chi connectivity index (χ3n) is 0.500. The Balaban J connectivity index is 0. The third-order valence-corrected chi connectivity index (χ3v) is 0.500. The van der Waals surface area contributed by atoms with Crippen molar-refractivity contribution in [3.05, 3.63) is 0 Å². The van der Waals surface area contributed by atoms with E-state index in [4.69, 9.17) is 0 Å². The molecular weight excluding hydrogens is 57.1 g/mol. The Morgan fingerprint density at radius 2 is 1.20 bits per heavy atom. The van der Waals surface area contributed by atoms with E-state index in [1.807, 2.05) is 0 Å². The van der Waals surface area contributed by atoms with Crippen molar-refractivity contribution in [3.63, 3.8) is 0 Å². The van der Waals surface area contributed by atoms with E-state index in [-0.39, 0.29) is 10.1 Å². The van der Waals surface area contributed by atoms with Crippen LogP contribution in [0.25, 0.3) is 0 Å². The second-order valence-electron chi connectivity index (χ2n) is 1.000. The van der Waals surface area contributed by atoms with E-state index in [0.29, 0.717) is 0 Å². The van der Waals surface area contributed by atoms with Gasteiger partial charge < -0.3 is 0 Å². The van der Waals surface area contributed by atoms with Crippen molar-refractivity contribution in [3.8, 4) is 0 Å². The first-order valence-corrected chi connectivity index (χ1v) is 1.91. The zero-order chi connectivity index (χ0) is 3.41. The van der Waals surface area contributed by atoms with Crippen LogP contribution in [0, 0.1) is 0 Å². The molecule has 0 atom stereocenters. The molecule has 0 radical (unpaired) electrons. The summed E-state index contributed by atoms with van der Waals surface area (Å²) in [7, 11) is 0. The molecule has 1 heteroatoms. The van der Waals surface area contributed by atoms with Gasteiger partial charge in [0.05, 0.1) is 0 Å². The Morgan fingerprint density at radius 3 is 1.20 bits per heavy atom. The molecule has 0 saturated carbocycles. The van der Waals surface area contributed by atoms with E-state index in [0.717, 1.165) is 0 Å². The van der Waals surface area contributed by atoms with E-state index in [1.54, 1.807) is 0 Å². The average molecular weight is 69.2 g/mol. The summed E-state index contributed by atoms with van der Waals surface area (Å²) in [5, 5.41) is 0. The van der Waals surface area contributed by atoms with Crippen LogP contribution in [-0.2, 0) is 0 Å². The minimum absolute atomic E-state index is 0. The SMILES string of the molecule is CCCC.[BeH2]. The molecule has 0 rings (SSSR count). The first kappa shape index (κ1) is 8.95. The normalized spacial score (nSPS) is 6.00. The topological polar surface area (TPSA) is 0 Å². The van der Waals surface area contributed by atoms with Crippen LogP contribution in [0.2, 0.25) is 0 Å². The summed E-state index contributed by atoms with van der Waals surface area (Å²) in [6, 6.07) is 0. The summed E-state index contributed by atoms with van der Waals surface area (Å²) in [6.07, 6.45) is 2.64. The fourth-order valence-corrected chi connectivity index (χ4v) is 0. The fourth-order valence-electron chi connectivity index (χ4n) is 0. The molecule has 5 heavy (non-hydrogen) atoms. The van der Waals surface area contributed by atoms with E-state index in [9.17, 15) is 0 Å². The van der Waals surface area contributed by atoms with Crippen LogP contribution in [0.15, 0.2) is 0 Å². The Labute approximate surface area is 37.8 Å². The number of unbranched alkanes of at least 4 members (excludes halogenated alkanes) is 1. The zero-order valence-electron chi connectivity index (χ0n) is 3.41. The average Bonchev–Trinajstić information content (AvgIpc) is 1.37. The van der Waals surface area contributed by atoms with E-state index in [1.165, 1.54) is 12.8 Å². The molecule has 0 heterocycles. The van der Waals surface area contributed by atoms with Crippen LogP contribution in [-0.4, -0.2) is 10.1 Å². The van der Waals surface area contributed by atoms with E-state index < -0.39 is 0 Å². The van der Waals surface area contributed by atoms with Crippen molar-refractivity contribution >= 4 is 10.1 Å². The molecule has 0 aromatic heterocycles. The van der Waals surface area contributed by atoms with Gasteiger partial charge in [-0.1, -0.05) is 26.7 Å². The molecule has 0 spiro atoms. The molecule has 0 aliphatic carbocycles. The van der Waals surface area contributed by atoms with Gasteiger partial charge >= 0.3 is 10.1 Å². The monoisotopic (exact) mass is 69.1 g/mol. The summed E-state index contributed by atoms with van der Waals surface area (Å²) in [5.41, 5.74) is 0. The van der Waals surface area contributed by atoms with Crippen LogP contribution in [0.1, 0.15) is 26.7 Å². The first-order chi connectivity index (χ1) is 1.91. The van der Waals surface area contributed by atoms with Crippen LogP contribution < -0.4 is 0 Å². The Morgan fingerprint density at radius 1 is 1.00 bits per heavy atom. The molecule has 0 bridgehead atoms. The van der Waals surface area contributed by atoms with Crippen LogP contribution in [0.4, 0.5) is 0 Å². The Hall–Kier alpha value is 0.169. The third kappa shape index (κ3) is 14.4.